The van der Waals surface area contributed by atoms with Crippen LogP contribution in [-0.2, 0) is 6.42 Å². The summed E-state index contributed by atoms with van der Waals surface area (Å²) in [6.45, 7) is 0. The molecule has 0 aliphatic heterocycles. The van der Waals surface area contributed by atoms with Crippen LogP contribution in [0.25, 0.3) is 0 Å². The molecule has 0 aliphatic carbocycles. The summed E-state index contributed by atoms with van der Waals surface area (Å²) in [7, 11) is 1.00. The van der Waals surface area contributed by atoms with Crippen LogP contribution in [0.15, 0.2) is 22.7 Å². The molecular weight excluding hydrogens is 371 g/mol. The van der Waals surface area contributed by atoms with Gasteiger partial charge in [0.2, 0.25) is 0 Å². The lowest BCUT2D eigenvalue weighted by Gasteiger charge is -2.30. The molecule has 1 atom stereocenters. The number of nitrogens with one attached hydrogen (secondary N) is 1. The van der Waals surface area contributed by atoms with Crippen molar-refractivity contribution in [2.45, 2.75) is 24.8 Å². The van der Waals surface area contributed by atoms with Gasteiger partial charge >= 0.3 is 12.4 Å². The summed E-state index contributed by atoms with van der Waals surface area (Å²) >= 11 is 2.98. The van der Waals surface area contributed by atoms with E-state index < -0.39 is 36.6 Å². The van der Waals surface area contributed by atoms with E-state index >= 15 is 0 Å². The maximum atomic E-state index is 13.1. The summed E-state index contributed by atoms with van der Waals surface area (Å²) in [6, 6.07) is 1.22. The van der Waals surface area contributed by atoms with Crippen molar-refractivity contribution in [3.05, 3.63) is 34.1 Å². The number of hydrogen-bond acceptors (Lipinski definition) is 1. The molecule has 1 rings (SSSR count). The lowest BCUT2D eigenvalue weighted by atomic mass is 9.92. The fourth-order valence-corrected chi connectivity index (χ4v) is 2.37. The second-order valence-electron chi connectivity index (χ2n) is 4.40. The van der Waals surface area contributed by atoms with E-state index in [4.69, 9.17) is 0 Å². The van der Waals surface area contributed by atoms with Crippen molar-refractivity contribution in [2.24, 2.45) is 5.92 Å². The second kappa shape index (κ2) is 6.51. The molecule has 1 N–H and O–H groups in total. The first kappa shape index (κ1) is 18.2. The van der Waals surface area contributed by atoms with Gasteiger partial charge < -0.3 is 5.32 Å². The first-order chi connectivity index (χ1) is 9.46. The molecule has 0 aliphatic rings. The zero-order valence-electron chi connectivity index (χ0n) is 10.6. The Morgan fingerprint density at radius 3 is 2.05 bits per heavy atom. The van der Waals surface area contributed by atoms with Crippen LogP contribution in [0.3, 0.4) is 0 Å². The highest BCUT2D eigenvalue weighted by molar-refractivity contribution is 9.10. The number of benzene rings is 1. The third kappa shape index (κ3) is 4.84. The number of rotatable bonds is 4. The molecule has 0 spiro atoms. The number of hydrogen-bond donors (Lipinski definition) is 1. The highest BCUT2D eigenvalue weighted by Gasteiger charge is 2.59. The molecule has 9 heteroatoms. The molecule has 1 unspecified atom stereocenters. The minimum atomic E-state index is -5.45. The summed E-state index contributed by atoms with van der Waals surface area (Å²) in [5.74, 6) is -4.27. The minimum absolute atomic E-state index is 0.0212. The average Bonchev–Trinajstić information content (AvgIpc) is 2.29. The predicted molar refractivity (Wildman–Crippen MR) is 66.3 cm³/mol. The van der Waals surface area contributed by atoms with E-state index in [2.05, 4.69) is 15.9 Å². The Labute approximate surface area is 124 Å². The quantitative estimate of drug-likeness (QED) is 0.759. The largest absolute Gasteiger partial charge is 0.402 e. The normalized spacial score (nSPS) is 14.6. The van der Waals surface area contributed by atoms with E-state index in [0.29, 0.717) is 0 Å². The highest BCUT2D eigenvalue weighted by Crippen LogP contribution is 2.42. The average molecular weight is 382 g/mol. The van der Waals surface area contributed by atoms with Gasteiger partial charge in [-0.3, -0.25) is 0 Å². The summed E-state index contributed by atoms with van der Waals surface area (Å²) in [4.78, 5) is 0. The number of halogens is 8. The van der Waals surface area contributed by atoms with E-state index in [1.54, 1.807) is 0 Å². The Bertz CT molecular complexity index is 469. The summed E-state index contributed by atoms with van der Waals surface area (Å²) in [5.41, 5.74) is 0.0212. The van der Waals surface area contributed by atoms with Gasteiger partial charge in [-0.15, -0.1) is 0 Å². The molecule has 21 heavy (non-hydrogen) atoms. The Kier molecular flexibility index (Phi) is 5.65. The van der Waals surface area contributed by atoms with Crippen molar-refractivity contribution < 1.29 is 30.7 Å². The van der Waals surface area contributed by atoms with Crippen LogP contribution in [0.4, 0.5) is 30.7 Å². The Morgan fingerprint density at radius 2 is 1.62 bits per heavy atom. The Hall–Kier alpha value is -0.830. The van der Waals surface area contributed by atoms with Crippen molar-refractivity contribution in [3.63, 3.8) is 0 Å². The van der Waals surface area contributed by atoms with Crippen molar-refractivity contribution in [2.75, 3.05) is 7.05 Å². The van der Waals surface area contributed by atoms with E-state index in [1.807, 2.05) is 5.32 Å². The topological polar surface area (TPSA) is 12.0 Å². The van der Waals surface area contributed by atoms with Crippen LogP contribution >= 0.6 is 15.9 Å². The van der Waals surface area contributed by atoms with Crippen LogP contribution in [0.2, 0.25) is 0 Å². The monoisotopic (exact) mass is 381 g/mol. The number of likely N-dealkylation sites (N-methyl/N-ethyl adjacent to an activating group) is 1. The fourth-order valence-electron chi connectivity index (χ4n) is 1.97. The first-order valence-electron chi connectivity index (χ1n) is 5.71. The highest BCUT2D eigenvalue weighted by atomic mass is 79.9. The molecular formula is C12H11BrF7N. The van der Waals surface area contributed by atoms with Crippen molar-refractivity contribution >= 4 is 15.9 Å². The van der Waals surface area contributed by atoms with Gasteiger partial charge in [-0.1, -0.05) is 15.9 Å². The van der Waals surface area contributed by atoms with Gasteiger partial charge in [-0.2, -0.15) is 26.3 Å². The van der Waals surface area contributed by atoms with Crippen LogP contribution in [0, 0.1) is 11.7 Å². The zero-order chi connectivity index (χ0) is 16.4. The van der Waals surface area contributed by atoms with Gasteiger partial charge in [0.15, 0.2) is 5.92 Å². The van der Waals surface area contributed by atoms with Crippen LogP contribution in [0.5, 0.6) is 0 Å². The van der Waals surface area contributed by atoms with Gasteiger partial charge in [0.05, 0.1) is 0 Å². The molecule has 0 amide bonds. The molecule has 0 aromatic heterocycles. The summed E-state index contributed by atoms with van der Waals surface area (Å²) in [5, 5.41) is 2.03. The first-order valence-corrected chi connectivity index (χ1v) is 6.50. The van der Waals surface area contributed by atoms with Gasteiger partial charge in [0.25, 0.3) is 0 Å². The van der Waals surface area contributed by atoms with Gasteiger partial charge in [0.1, 0.15) is 5.82 Å². The predicted octanol–water partition coefficient (Wildman–Crippen LogP) is 4.46. The van der Waals surface area contributed by atoms with E-state index in [9.17, 15) is 30.7 Å². The standard InChI is InChI=1S/C12H11BrF7N/c1-21-9(10(11(15,16)17)12(18,19)20)5-6-4-7(14)2-3-8(6)13/h2-4,9-10,21H,5H2,1H3. The molecule has 1 aromatic rings. The summed E-state index contributed by atoms with van der Waals surface area (Å²) in [6.07, 6.45) is -11.5. The SMILES string of the molecule is CNC(Cc1cc(F)ccc1Br)C(C(F)(F)F)C(F)(F)F. The Morgan fingerprint density at radius 1 is 1.10 bits per heavy atom. The third-order valence-corrected chi connectivity index (χ3v) is 3.70. The third-order valence-electron chi connectivity index (χ3n) is 2.93. The van der Waals surface area contributed by atoms with Crippen LogP contribution < -0.4 is 5.32 Å². The fraction of sp³-hybridized carbons (Fsp3) is 0.500. The smallest absolute Gasteiger partial charge is 0.316 e. The van der Waals surface area contributed by atoms with Gasteiger partial charge in [-0.05, 0) is 37.2 Å². The lowest BCUT2D eigenvalue weighted by Crippen LogP contribution is -2.51. The van der Waals surface area contributed by atoms with Crippen LogP contribution in [0.1, 0.15) is 5.56 Å². The van der Waals surface area contributed by atoms with E-state index in [-0.39, 0.29) is 10.0 Å². The molecule has 0 bridgehead atoms. The lowest BCUT2D eigenvalue weighted by molar-refractivity contribution is -0.291. The molecule has 0 fully saturated rings. The number of alkyl halides is 6. The van der Waals surface area contributed by atoms with Gasteiger partial charge in [0, 0.05) is 10.5 Å². The molecule has 0 saturated heterocycles. The van der Waals surface area contributed by atoms with Crippen LogP contribution in [-0.4, -0.2) is 25.4 Å². The van der Waals surface area contributed by atoms with E-state index in [0.717, 1.165) is 19.2 Å². The van der Waals surface area contributed by atoms with Gasteiger partial charge in [-0.25, -0.2) is 4.39 Å². The molecule has 120 valence electrons. The molecule has 0 saturated carbocycles. The minimum Gasteiger partial charge on any atom is -0.316 e. The molecule has 0 heterocycles. The second-order valence-corrected chi connectivity index (χ2v) is 5.25. The maximum Gasteiger partial charge on any atom is 0.402 e. The van der Waals surface area contributed by atoms with E-state index in [1.165, 1.54) is 6.07 Å². The maximum absolute atomic E-state index is 13.1. The molecule has 1 nitrogen and oxygen atoms in total. The zero-order valence-corrected chi connectivity index (χ0v) is 12.2. The van der Waals surface area contributed by atoms with Crippen molar-refractivity contribution in [1.82, 2.24) is 5.32 Å². The summed E-state index contributed by atoms with van der Waals surface area (Å²) < 4.78 is 89.5. The van der Waals surface area contributed by atoms with Crippen molar-refractivity contribution in [1.29, 1.82) is 0 Å². The van der Waals surface area contributed by atoms with Crippen molar-refractivity contribution in [3.8, 4) is 0 Å². The molecule has 0 radical (unpaired) electrons. The molecule has 1 aromatic carbocycles. The Balaban J connectivity index is 3.13.